The number of hydrogen-bond acceptors (Lipinski definition) is 5. The third kappa shape index (κ3) is 5.28. The summed E-state index contributed by atoms with van der Waals surface area (Å²) in [5, 5.41) is -0.00281. The van der Waals surface area contributed by atoms with Gasteiger partial charge in [0.25, 0.3) is 0 Å². The van der Waals surface area contributed by atoms with Gasteiger partial charge >= 0.3 is 16.3 Å². The number of alkyl halides is 3. The first-order valence-corrected chi connectivity index (χ1v) is 10.4. The second kappa shape index (κ2) is 8.50. The number of rotatable bonds is 5. The van der Waals surface area contributed by atoms with Gasteiger partial charge in [-0.15, -0.1) is 0 Å². The van der Waals surface area contributed by atoms with Gasteiger partial charge in [-0.25, -0.2) is 4.98 Å². The summed E-state index contributed by atoms with van der Waals surface area (Å²) in [5.74, 6) is -0.213. The van der Waals surface area contributed by atoms with Crippen LogP contribution in [0.25, 0.3) is 0 Å². The number of benzene rings is 2. The fourth-order valence-corrected chi connectivity index (χ4v) is 3.56. The number of pyridine rings is 1. The summed E-state index contributed by atoms with van der Waals surface area (Å²) in [6.45, 7) is 0. The smallest absolute Gasteiger partial charge is 0.417 e. The molecule has 0 bridgehead atoms. The molecule has 0 aliphatic carbocycles. The second-order valence-electron chi connectivity index (χ2n) is 5.70. The Labute approximate surface area is 184 Å². The minimum atomic E-state index is -4.60. The molecule has 0 aliphatic rings. The fourth-order valence-electron chi connectivity index (χ4n) is 2.14. The predicted molar refractivity (Wildman–Crippen MR) is 105 cm³/mol. The Bertz CT molecular complexity index is 1190. The van der Waals surface area contributed by atoms with Crippen molar-refractivity contribution < 1.29 is 30.5 Å². The van der Waals surface area contributed by atoms with E-state index in [4.69, 9.17) is 43.7 Å². The molecule has 12 heteroatoms. The monoisotopic (exact) mass is 497 g/mol. The molecule has 0 aliphatic heterocycles. The van der Waals surface area contributed by atoms with E-state index in [-0.39, 0.29) is 37.3 Å². The maximum atomic E-state index is 12.7. The molecule has 3 aromatic rings. The van der Waals surface area contributed by atoms with Crippen molar-refractivity contribution in [2.24, 2.45) is 0 Å². The highest BCUT2D eigenvalue weighted by Gasteiger charge is 2.31. The summed E-state index contributed by atoms with van der Waals surface area (Å²) in [5.41, 5.74) is -1.03. The highest BCUT2D eigenvalue weighted by atomic mass is 35.5. The number of aromatic nitrogens is 1. The average molecular weight is 499 g/mol. The van der Waals surface area contributed by atoms with Gasteiger partial charge in [-0.1, -0.05) is 34.8 Å². The Kier molecular flexibility index (Phi) is 6.37. The Morgan fingerprint density at radius 3 is 2.03 bits per heavy atom. The lowest BCUT2D eigenvalue weighted by Crippen LogP contribution is -2.09. The zero-order valence-corrected chi connectivity index (χ0v) is 17.5. The summed E-state index contributed by atoms with van der Waals surface area (Å²) < 4.78 is 73.0. The molecule has 158 valence electrons. The normalized spacial score (nSPS) is 11.9. The quantitative estimate of drug-likeness (QED) is 0.370. The summed E-state index contributed by atoms with van der Waals surface area (Å²) in [7, 11) is -4.19. The SMILES string of the molecule is O=S(=O)(Oc1ccc(Cl)c(Cl)c1)c1ccc(Oc2ncc(C(F)(F)F)cc2Cl)cc1. The van der Waals surface area contributed by atoms with Crippen LogP contribution in [0.3, 0.4) is 0 Å². The van der Waals surface area contributed by atoms with E-state index < -0.39 is 21.9 Å². The second-order valence-corrected chi connectivity index (χ2v) is 8.46. The first-order chi connectivity index (χ1) is 14.0. The van der Waals surface area contributed by atoms with Crippen LogP contribution in [0.4, 0.5) is 13.2 Å². The van der Waals surface area contributed by atoms with Gasteiger partial charge in [0.15, 0.2) is 0 Å². The number of hydrogen-bond donors (Lipinski definition) is 0. The molecule has 5 nitrogen and oxygen atoms in total. The highest BCUT2D eigenvalue weighted by Crippen LogP contribution is 2.35. The largest absolute Gasteiger partial charge is 0.438 e. The molecule has 0 amide bonds. The van der Waals surface area contributed by atoms with Crippen LogP contribution in [0.2, 0.25) is 15.1 Å². The van der Waals surface area contributed by atoms with Crippen molar-refractivity contribution in [2.45, 2.75) is 11.1 Å². The molecule has 0 spiro atoms. The van der Waals surface area contributed by atoms with Crippen molar-refractivity contribution in [1.82, 2.24) is 4.98 Å². The van der Waals surface area contributed by atoms with Crippen molar-refractivity contribution in [2.75, 3.05) is 0 Å². The lowest BCUT2D eigenvalue weighted by molar-refractivity contribution is -0.137. The molecule has 30 heavy (non-hydrogen) atoms. The molecule has 0 unspecified atom stereocenters. The fraction of sp³-hybridized carbons (Fsp3) is 0.0556. The van der Waals surface area contributed by atoms with E-state index in [9.17, 15) is 21.6 Å². The van der Waals surface area contributed by atoms with E-state index in [1.165, 1.54) is 42.5 Å². The maximum absolute atomic E-state index is 12.7. The van der Waals surface area contributed by atoms with Crippen molar-refractivity contribution >= 4 is 44.9 Å². The molecule has 0 saturated carbocycles. The van der Waals surface area contributed by atoms with Crippen molar-refractivity contribution in [3.8, 4) is 17.4 Å². The van der Waals surface area contributed by atoms with Gasteiger partial charge in [-0.05, 0) is 42.5 Å². The van der Waals surface area contributed by atoms with Gasteiger partial charge in [0.05, 0.1) is 15.6 Å². The molecule has 2 aromatic carbocycles. The summed E-state index contributed by atoms with van der Waals surface area (Å²) in [4.78, 5) is 3.34. The Morgan fingerprint density at radius 1 is 0.833 bits per heavy atom. The maximum Gasteiger partial charge on any atom is 0.417 e. The highest BCUT2D eigenvalue weighted by molar-refractivity contribution is 7.87. The Hall–Kier alpha value is -2.20. The van der Waals surface area contributed by atoms with Crippen molar-refractivity contribution in [3.63, 3.8) is 0 Å². The third-order valence-electron chi connectivity index (χ3n) is 3.56. The van der Waals surface area contributed by atoms with Crippen LogP contribution >= 0.6 is 34.8 Å². The van der Waals surface area contributed by atoms with Gasteiger partial charge < -0.3 is 8.92 Å². The van der Waals surface area contributed by atoms with E-state index in [0.717, 1.165) is 0 Å². The van der Waals surface area contributed by atoms with Crippen LogP contribution in [0.5, 0.6) is 17.4 Å². The van der Waals surface area contributed by atoms with Crippen molar-refractivity contribution in [1.29, 1.82) is 0 Å². The van der Waals surface area contributed by atoms with Crippen LogP contribution in [-0.4, -0.2) is 13.4 Å². The minimum absolute atomic E-state index is 0.0366. The number of ether oxygens (including phenoxy) is 1. The van der Waals surface area contributed by atoms with E-state index >= 15 is 0 Å². The van der Waals surface area contributed by atoms with Crippen molar-refractivity contribution in [3.05, 3.63) is 75.4 Å². The molecular weight excluding hydrogens is 490 g/mol. The zero-order valence-electron chi connectivity index (χ0n) is 14.5. The Morgan fingerprint density at radius 2 is 1.47 bits per heavy atom. The molecule has 0 fully saturated rings. The minimum Gasteiger partial charge on any atom is -0.438 e. The van der Waals surface area contributed by atoms with Gasteiger partial charge in [0.1, 0.15) is 21.4 Å². The molecular formula is C18H9Cl3F3NO4S. The average Bonchev–Trinajstić information content (AvgIpc) is 2.66. The van der Waals surface area contributed by atoms with Crippen LogP contribution in [0, 0.1) is 0 Å². The number of halogens is 6. The first kappa shape index (κ1) is 22.5. The lowest BCUT2D eigenvalue weighted by atomic mass is 10.3. The predicted octanol–water partition coefficient (Wildman–Crippen LogP) is 6.62. The van der Waals surface area contributed by atoms with Crippen LogP contribution in [0.15, 0.2) is 59.6 Å². The van der Waals surface area contributed by atoms with Crippen LogP contribution < -0.4 is 8.92 Å². The van der Waals surface area contributed by atoms with Gasteiger partial charge in [-0.2, -0.15) is 21.6 Å². The van der Waals surface area contributed by atoms with Gasteiger partial charge in [-0.3, -0.25) is 0 Å². The Balaban J connectivity index is 1.76. The third-order valence-corrected chi connectivity index (χ3v) is 5.83. The van der Waals surface area contributed by atoms with Crippen LogP contribution in [0.1, 0.15) is 5.56 Å². The molecule has 0 radical (unpaired) electrons. The van der Waals surface area contributed by atoms with Crippen LogP contribution in [-0.2, 0) is 16.3 Å². The van der Waals surface area contributed by atoms with Gasteiger partial charge in [0.2, 0.25) is 5.88 Å². The topological polar surface area (TPSA) is 65.5 Å². The van der Waals surface area contributed by atoms with E-state index in [1.54, 1.807) is 0 Å². The number of nitrogens with zero attached hydrogens (tertiary/aromatic N) is 1. The summed E-state index contributed by atoms with van der Waals surface area (Å²) >= 11 is 17.4. The standard InChI is InChI=1S/C18H9Cl3F3NO4S/c19-14-6-3-12(8-15(14)20)29-30(26,27)13-4-1-11(2-5-13)28-17-16(21)7-10(9-25-17)18(22,23)24/h1-9H. The molecule has 0 N–H and O–H groups in total. The molecule has 1 heterocycles. The molecule has 0 atom stereocenters. The molecule has 1 aromatic heterocycles. The lowest BCUT2D eigenvalue weighted by Gasteiger charge is -2.11. The van der Waals surface area contributed by atoms with E-state index in [2.05, 4.69) is 4.98 Å². The van der Waals surface area contributed by atoms with E-state index in [0.29, 0.717) is 12.3 Å². The summed E-state index contributed by atoms with van der Waals surface area (Å²) in [6, 6.07) is 9.53. The van der Waals surface area contributed by atoms with Gasteiger partial charge in [0, 0.05) is 12.3 Å². The van der Waals surface area contributed by atoms with E-state index in [1.807, 2.05) is 0 Å². The zero-order chi connectivity index (χ0) is 22.1. The molecule has 0 saturated heterocycles. The summed E-state index contributed by atoms with van der Waals surface area (Å²) in [6.07, 6.45) is -4.02. The first-order valence-electron chi connectivity index (χ1n) is 7.86. The molecule has 3 rings (SSSR count).